The van der Waals surface area contributed by atoms with Crippen LogP contribution in [0.1, 0.15) is 38.2 Å². The van der Waals surface area contributed by atoms with E-state index in [0.717, 1.165) is 18.2 Å². The van der Waals surface area contributed by atoms with Crippen LogP contribution >= 0.6 is 11.6 Å². The summed E-state index contributed by atoms with van der Waals surface area (Å²) in [4.78, 5) is -0.0831. The van der Waals surface area contributed by atoms with Gasteiger partial charge in [-0.2, -0.15) is 13.1 Å². The molecule has 0 spiro atoms. The van der Waals surface area contributed by atoms with Gasteiger partial charge in [-0.25, -0.2) is 17.2 Å². The van der Waals surface area contributed by atoms with E-state index in [-0.39, 0.29) is 42.7 Å². The summed E-state index contributed by atoms with van der Waals surface area (Å²) in [5, 5.41) is 0.329. The van der Waals surface area contributed by atoms with Crippen LogP contribution in [0, 0.1) is 11.6 Å². The average Bonchev–Trinajstić information content (AvgIpc) is 2.70. The largest absolute Gasteiger partial charge is 0.336 e. The molecule has 3 rings (SSSR count). The SMILES string of the molecule is CCNS(=O)(=O)OC1CCC(c2cc(F)ccc2F)(S(=O)(=O)c2ccc(Cl)cc2)CC1. The first-order chi connectivity index (χ1) is 14.5. The average molecular weight is 494 g/mol. The van der Waals surface area contributed by atoms with Gasteiger partial charge in [-0.3, -0.25) is 4.18 Å². The zero-order chi connectivity index (χ0) is 22.9. The Kier molecular flexibility index (Phi) is 7.07. The molecule has 6 nitrogen and oxygen atoms in total. The molecule has 0 saturated heterocycles. The maximum absolute atomic E-state index is 14.8. The van der Waals surface area contributed by atoms with Gasteiger partial charge in [0, 0.05) is 17.1 Å². The van der Waals surface area contributed by atoms with Crippen LogP contribution in [0.5, 0.6) is 0 Å². The van der Waals surface area contributed by atoms with Crippen LogP contribution in [0.3, 0.4) is 0 Å². The second-order valence-corrected chi connectivity index (χ2v) is 11.4. The molecule has 1 aliphatic rings. The van der Waals surface area contributed by atoms with E-state index in [9.17, 15) is 25.6 Å². The van der Waals surface area contributed by atoms with Crippen LogP contribution in [0.4, 0.5) is 8.78 Å². The predicted molar refractivity (Wildman–Crippen MR) is 113 cm³/mol. The van der Waals surface area contributed by atoms with Crippen LogP contribution in [-0.2, 0) is 29.1 Å². The Morgan fingerprint density at radius 3 is 2.26 bits per heavy atom. The van der Waals surface area contributed by atoms with Gasteiger partial charge in [0.25, 0.3) is 0 Å². The molecule has 1 aliphatic carbocycles. The Morgan fingerprint density at radius 2 is 1.68 bits per heavy atom. The zero-order valence-corrected chi connectivity index (χ0v) is 19.0. The molecule has 1 N–H and O–H groups in total. The molecule has 2 aromatic rings. The highest BCUT2D eigenvalue weighted by molar-refractivity contribution is 7.92. The molecule has 0 atom stereocenters. The summed E-state index contributed by atoms with van der Waals surface area (Å²) >= 11 is 5.87. The van der Waals surface area contributed by atoms with Gasteiger partial charge in [0.1, 0.15) is 16.4 Å². The molecule has 170 valence electrons. The number of hydrogen-bond acceptors (Lipinski definition) is 5. The molecule has 31 heavy (non-hydrogen) atoms. The molecule has 0 bridgehead atoms. The molecule has 0 aromatic heterocycles. The summed E-state index contributed by atoms with van der Waals surface area (Å²) in [6, 6.07) is 8.13. The summed E-state index contributed by atoms with van der Waals surface area (Å²) in [6.07, 6.45) is -1.04. The van der Waals surface area contributed by atoms with Crippen LogP contribution in [0.2, 0.25) is 5.02 Å². The van der Waals surface area contributed by atoms with Crippen molar-refractivity contribution in [1.82, 2.24) is 4.72 Å². The Hall–Kier alpha value is -1.59. The van der Waals surface area contributed by atoms with Crippen LogP contribution in [0.15, 0.2) is 47.4 Å². The molecule has 1 saturated carbocycles. The van der Waals surface area contributed by atoms with Gasteiger partial charge in [-0.15, -0.1) is 0 Å². The number of nitrogens with one attached hydrogen (secondary N) is 1. The summed E-state index contributed by atoms with van der Waals surface area (Å²) in [6.45, 7) is 1.73. The zero-order valence-electron chi connectivity index (χ0n) is 16.6. The standard InChI is InChI=1S/C20H22ClF2NO5S2/c1-2-24-31(27,28)29-16-9-11-20(12-10-16,18-13-15(22)5-8-19(18)23)30(25,26)17-6-3-14(21)4-7-17/h3-8,13,16,24H,2,9-12H2,1H3. The minimum absolute atomic E-state index is 0.0212. The van der Waals surface area contributed by atoms with Crippen molar-refractivity contribution in [2.75, 3.05) is 6.54 Å². The molecule has 0 unspecified atom stereocenters. The lowest BCUT2D eigenvalue weighted by molar-refractivity contribution is 0.140. The van der Waals surface area contributed by atoms with E-state index in [0.29, 0.717) is 5.02 Å². The predicted octanol–water partition coefficient (Wildman–Crippen LogP) is 4.10. The number of hydrogen-bond donors (Lipinski definition) is 1. The third kappa shape index (κ3) is 4.93. The normalized spacial score (nSPS) is 22.4. The highest BCUT2D eigenvalue weighted by Crippen LogP contribution is 2.48. The van der Waals surface area contributed by atoms with E-state index in [2.05, 4.69) is 4.72 Å². The van der Waals surface area contributed by atoms with E-state index in [1.54, 1.807) is 6.92 Å². The van der Waals surface area contributed by atoms with Crippen molar-refractivity contribution >= 4 is 31.7 Å². The molecule has 11 heteroatoms. The van der Waals surface area contributed by atoms with E-state index in [4.69, 9.17) is 15.8 Å². The number of rotatable bonds is 7. The first-order valence-electron chi connectivity index (χ1n) is 9.64. The van der Waals surface area contributed by atoms with Gasteiger partial charge in [-0.1, -0.05) is 18.5 Å². The van der Waals surface area contributed by atoms with Crippen molar-refractivity contribution in [2.24, 2.45) is 0 Å². The van der Waals surface area contributed by atoms with E-state index in [1.165, 1.54) is 24.3 Å². The molecule has 0 radical (unpaired) electrons. The maximum Gasteiger partial charge on any atom is 0.336 e. The monoisotopic (exact) mass is 493 g/mol. The lowest BCUT2D eigenvalue weighted by Gasteiger charge is -2.39. The fourth-order valence-electron chi connectivity index (χ4n) is 3.91. The fourth-order valence-corrected chi connectivity index (χ4v) is 7.18. The van der Waals surface area contributed by atoms with Crippen LogP contribution in [-0.4, -0.2) is 29.5 Å². The number of sulfone groups is 1. The van der Waals surface area contributed by atoms with Gasteiger partial charge in [0.15, 0.2) is 9.84 Å². The Morgan fingerprint density at radius 1 is 1.06 bits per heavy atom. The van der Waals surface area contributed by atoms with Crippen LogP contribution < -0.4 is 4.72 Å². The summed E-state index contributed by atoms with van der Waals surface area (Å²) < 4.78 is 85.5. The van der Waals surface area contributed by atoms with Gasteiger partial charge in [-0.05, 0) is 68.1 Å². The van der Waals surface area contributed by atoms with Crippen molar-refractivity contribution in [3.8, 4) is 0 Å². The molecule has 1 fully saturated rings. The quantitative estimate of drug-likeness (QED) is 0.627. The van der Waals surface area contributed by atoms with Crippen molar-refractivity contribution in [2.45, 2.75) is 48.4 Å². The molecule has 2 aromatic carbocycles. The third-order valence-corrected chi connectivity index (χ3v) is 9.35. The Balaban J connectivity index is 2.04. The Bertz CT molecular complexity index is 1150. The lowest BCUT2D eigenvalue weighted by Crippen LogP contribution is -2.43. The van der Waals surface area contributed by atoms with Crippen molar-refractivity contribution in [3.63, 3.8) is 0 Å². The minimum atomic E-state index is -4.20. The highest BCUT2D eigenvalue weighted by atomic mass is 35.5. The van der Waals surface area contributed by atoms with Gasteiger partial charge < -0.3 is 0 Å². The third-order valence-electron chi connectivity index (χ3n) is 5.38. The van der Waals surface area contributed by atoms with Crippen molar-refractivity contribution in [3.05, 3.63) is 64.7 Å². The molecular weight excluding hydrogens is 472 g/mol. The van der Waals surface area contributed by atoms with E-state index >= 15 is 0 Å². The first kappa shape index (κ1) is 24.1. The first-order valence-corrected chi connectivity index (χ1v) is 12.9. The number of benzene rings is 2. The van der Waals surface area contributed by atoms with Crippen molar-refractivity contribution < 1.29 is 29.8 Å². The molecule has 0 aliphatic heterocycles. The topological polar surface area (TPSA) is 89.5 Å². The number of halogens is 3. The fraction of sp³-hybridized carbons (Fsp3) is 0.400. The van der Waals surface area contributed by atoms with Crippen molar-refractivity contribution in [1.29, 1.82) is 0 Å². The molecule has 0 heterocycles. The van der Waals surface area contributed by atoms with Gasteiger partial charge in [0.05, 0.1) is 11.0 Å². The summed E-state index contributed by atoms with van der Waals surface area (Å²) in [7, 11) is -8.18. The van der Waals surface area contributed by atoms with Gasteiger partial charge in [0.2, 0.25) is 0 Å². The second-order valence-electron chi connectivity index (χ2n) is 7.32. The lowest BCUT2D eigenvalue weighted by atomic mass is 9.81. The molecule has 0 amide bonds. The summed E-state index contributed by atoms with van der Waals surface area (Å²) in [5.41, 5.74) is -0.282. The second kappa shape index (κ2) is 9.11. The summed E-state index contributed by atoms with van der Waals surface area (Å²) in [5.74, 6) is -1.62. The minimum Gasteiger partial charge on any atom is -0.255 e. The highest BCUT2D eigenvalue weighted by Gasteiger charge is 2.50. The van der Waals surface area contributed by atoms with Gasteiger partial charge >= 0.3 is 10.3 Å². The van der Waals surface area contributed by atoms with Crippen LogP contribution in [0.25, 0.3) is 0 Å². The smallest absolute Gasteiger partial charge is 0.255 e. The Labute approximate surface area is 185 Å². The van der Waals surface area contributed by atoms with E-state index < -0.39 is 42.6 Å². The maximum atomic E-state index is 14.8. The van der Waals surface area contributed by atoms with E-state index in [1.807, 2.05) is 0 Å². The molecular formula is C20H22ClF2NO5S2.